The normalized spacial score (nSPS) is 14.3. The molecule has 0 amide bonds. The number of hydrogen-bond donors (Lipinski definition) is 1. The molecule has 15 heavy (non-hydrogen) atoms. The second-order valence-electron chi connectivity index (χ2n) is 4.03. The van der Waals surface area contributed by atoms with Crippen LogP contribution in [0.3, 0.4) is 0 Å². The van der Waals surface area contributed by atoms with Crippen molar-refractivity contribution in [1.82, 2.24) is 0 Å². The van der Waals surface area contributed by atoms with E-state index in [4.69, 9.17) is 9.47 Å². The van der Waals surface area contributed by atoms with Crippen molar-refractivity contribution in [2.45, 2.75) is 23.5 Å². The van der Waals surface area contributed by atoms with Gasteiger partial charge >= 0.3 is 0 Å². The van der Waals surface area contributed by atoms with Crippen LogP contribution in [0, 0.1) is 0 Å². The van der Waals surface area contributed by atoms with E-state index in [-0.39, 0.29) is 11.4 Å². The number of ether oxygens (including phenoxy) is 2. The summed E-state index contributed by atoms with van der Waals surface area (Å²) in [5, 5.41) is 9.17. The minimum absolute atomic E-state index is 0.145. The highest BCUT2D eigenvalue weighted by molar-refractivity contribution is 8.00. The molecule has 0 aliphatic carbocycles. The lowest BCUT2D eigenvalue weighted by Crippen LogP contribution is -2.19. The van der Waals surface area contributed by atoms with Gasteiger partial charge < -0.3 is 14.6 Å². The average molecular weight is 226 g/mol. The van der Waals surface area contributed by atoms with Crippen molar-refractivity contribution in [2.24, 2.45) is 0 Å². The van der Waals surface area contributed by atoms with Gasteiger partial charge in [0.05, 0.1) is 6.61 Å². The Morgan fingerprint density at radius 3 is 2.80 bits per heavy atom. The minimum atomic E-state index is -0.173. The first kappa shape index (κ1) is 10.6. The Bertz CT molecular complexity index is 363. The van der Waals surface area contributed by atoms with Crippen molar-refractivity contribution in [2.75, 3.05) is 13.4 Å². The summed E-state index contributed by atoms with van der Waals surface area (Å²) >= 11 is 1.63. The first-order valence-corrected chi connectivity index (χ1v) is 5.62. The molecule has 1 aromatic carbocycles. The molecule has 0 radical (unpaired) electrons. The fraction of sp³-hybridized carbons (Fsp3) is 0.455. The number of aliphatic hydroxyl groups is 1. The Morgan fingerprint density at radius 1 is 1.33 bits per heavy atom. The molecular weight excluding hydrogens is 212 g/mol. The Kier molecular flexibility index (Phi) is 2.80. The first-order valence-electron chi connectivity index (χ1n) is 4.80. The van der Waals surface area contributed by atoms with Gasteiger partial charge in [-0.05, 0) is 32.0 Å². The zero-order valence-corrected chi connectivity index (χ0v) is 9.63. The molecule has 0 saturated carbocycles. The first-order chi connectivity index (χ1) is 7.11. The highest BCUT2D eigenvalue weighted by Crippen LogP contribution is 2.39. The standard InChI is InChI=1S/C11H14O3S/c1-11(2,6-12)15-8-3-4-9-10(5-8)14-7-13-9/h3-5,12H,6-7H2,1-2H3. The van der Waals surface area contributed by atoms with Gasteiger partial charge in [0.1, 0.15) is 0 Å². The van der Waals surface area contributed by atoms with Crippen molar-refractivity contribution in [3.8, 4) is 11.5 Å². The summed E-state index contributed by atoms with van der Waals surface area (Å²) in [4.78, 5) is 1.08. The third-order valence-corrected chi connectivity index (χ3v) is 3.29. The summed E-state index contributed by atoms with van der Waals surface area (Å²) < 4.78 is 10.3. The highest BCUT2D eigenvalue weighted by Gasteiger charge is 2.20. The van der Waals surface area contributed by atoms with Gasteiger partial charge in [-0.1, -0.05) is 0 Å². The van der Waals surface area contributed by atoms with Crippen LogP contribution in [-0.2, 0) is 0 Å². The molecule has 0 unspecified atom stereocenters. The summed E-state index contributed by atoms with van der Waals surface area (Å²) in [7, 11) is 0. The largest absolute Gasteiger partial charge is 0.454 e. The van der Waals surface area contributed by atoms with Gasteiger partial charge in [0, 0.05) is 9.64 Å². The van der Waals surface area contributed by atoms with Crippen LogP contribution < -0.4 is 9.47 Å². The van der Waals surface area contributed by atoms with E-state index in [0.29, 0.717) is 6.79 Å². The third-order valence-electron chi connectivity index (χ3n) is 2.12. The number of fused-ring (bicyclic) bond motifs is 1. The summed E-state index contributed by atoms with van der Waals surface area (Å²) in [6.07, 6.45) is 0. The average Bonchev–Trinajstić information content (AvgIpc) is 2.64. The number of rotatable bonds is 3. The van der Waals surface area contributed by atoms with Gasteiger partial charge in [0.25, 0.3) is 0 Å². The monoisotopic (exact) mass is 226 g/mol. The topological polar surface area (TPSA) is 38.7 Å². The molecule has 1 heterocycles. The Balaban J connectivity index is 2.17. The fourth-order valence-corrected chi connectivity index (χ4v) is 2.30. The van der Waals surface area contributed by atoms with E-state index < -0.39 is 0 Å². The number of hydrogen-bond acceptors (Lipinski definition) is 4. The Hall–Kier alpha value is -0.870. The van der Waals surface area contributed by atoms with Crippen molar-refractivity contribution >= 4 is 11.8 Å². The molecule has 82 valence electrons. The number of aliphatic hydroxyl groups excluding tert-OH is 1. The van der Waals surface area contributed by atoms with E-state index in [1.54, 1.807) is 11.8 Å². The van der Waals surface area contributed by atoms with Crippen molar-refractivity contribution in [3.05, 3.63) is 18.2 Å². The number of benzene rings is 1. The molecule has 1 N–H and O–H groups in total. The van der Waals surface area contributed by atoms with Gasteiger partial charge in [-0.25, -0.2) is 0 Å². The molecule has 0 aromatic heterocycles. The van der Waals surface area contributed by atoms with E-state index >= 15 is 0 Å². The number of thioether (sulfide) groups is 1. The van der Waals surface area contributed by atoms with Gasteiger partial charge in [-0.15, -0.1) is 11.8 Å². The van der Waals surface area contributed by atoms with Gasteiger partial charge in [-0.3, -0.25) is 0 Å². The second kappa shape index (κ2) is 3.94. The molecule has 0 spiro atoms. The molecular formula is C11H14O3S. The quantitative estimate of drug-likeness (QED) is 0.802. The van der Waals surface area contributed by atoms with E-state index in [9.17, 15) is 5.11 Å². The van der Waals surface area contributed by atoms with Gasteiger partial charge in [-0.2, -0.15) is 0 Å². The van der Waals surface area contributed by atoms with Crippen molar-refractivity contribution in [1.29, 1.82) is 0 Å². The van der Waals surface area contributed by atoms with Crippen LogP contribution >= 0.6 is 11.8 Å². The summed E-state index contributed by atoms with van der Waals surface area (Å²) in [6.45, 7) is 4.45. The highest BCUT2D eigenvalue weighted by atomic mass is 32.2. The molecule has 1 aliphatic rings. The van der Waals surface area contributed by atoms with Gasteiger partial charge in [0.2, 0.25) is 6.79 Å². The zero-order chi connectivity index (χ0) is 10.9. The maximum Gasteiger partial charge on any atom is 0.231 e. The Morgan fingerprint density at radius 2 is 2.07 bits per heavy atom. The predicted octanol–water partition coefficient (Wildman–Crippen LogP) is 2.28. The lowest BCUT2D eigenvalue weighted by Gasteiger charge is -2.20. The maximum atomic E-state index is 9.17. The molecule has 2 rings (SSSR count). The zero-order valence-electron chi connectivity index (χ0n) is 8.82. The lowest BCUT2D eigenvalue weighted by molar-refractivity contribution is 0.174. The van der Waals surface area contributed by atoms with E-state index in [0.717, 1.165) is 16.4 Å². The SMILES string of the molecule is CC(C)(CO)Sc1ccc2c(c1)OCO2. The molecule has 1 aliphatic heterocycles. The van der Waals surface area contributed by atoms with Crippen LogP contribution in [-0.4, -0.2) is 23.3 Å². The summed E-state index contributed by atoms with van der Waals surface area (Å²) in [6, 6.07) is 5.83. The van der Waals surface area contributed by atoms with E-state index in [1.165, 1.54) is 0 Å². The molecule has 0 atom stereocenters. The second-order valence-corrected chi connectivity index (χ2v) is 5.82. The van der Waals surface area contributed by atoms with E-state index in [2.05, 4.69) is 0 Å². The van der Waals surface area contributed by atoms with Crippen LogP contribution in [0.2, 0.25) is 0 Å². The minimum Gasteiger partial charge on any atom is -0.454 e. The fourth-order valence-electron chi connectivity index (χ4n) is 1.29. The Labute approximate surface area is 93.4 Å². The van der Waals surface area contributed by atoms with Crippen LogP contribution in [0.25, 0.3) is 0 Å². The summed E-state index contributed by atoms with van der Waals surface area (Å²) in [5.41, 5.74) is 0. The predicted molar refractivity (Wildman–Crippen MR) is 59.6 cm³/mol. The molecule has 0 saturated heterocycles. The maximum absolute atomic E-state index is 9.17. The van der Waals surface area contributed by atoms with E-state index in [1.807, 2.05) is 32.0 Å². The molecule has 0 bridgehead atoms. The van der Waals surface area contributed by atoms with Crippen LogP contribution in [0.1, 0.15) is 13.8 Å². The molecule has 4 heteroatoms. The lowest BCUT2D eigenvalue weighted by atomic mass is 10.2. The van der Waals surface area contributed by atoms with Crippen LogP contribution in [0.15, 0.2) is 23.1 Å². The molecule has 1 aromatic rings. The van der Waals surface area contributed by atoms with Crippen molar-refractivity contribution in [3.63, 3.8) is 0 Å². The molecule has 3 nitrogen and oxygen atoms in total. The van der Waals surface area contributed by atoms with Crippen molar-refractivity contribution < 1.29 is 14.6 Å². The summed E-state index contributed by atoms with van der Waals surface area (Å²) in [5.74, 6) is 1.58. The molecule has 0 fully saturated rings. The smallest absolute Gasteiger partial charge is 0.231 e. The van der Waals surface area contributed by atoms with Crippen LogP contribution in [0.5, 0.6) is 11.5 Å². The third kappa shape index (κ3) is 2.38. The van der Waals surface area contributed by atoms with Crippen LogP contribution in [0.4, 0.5) is 0 Å². The van der Waals surface area contributed by atoms with Gasteiger partial charge in [0.15, 0.2) is 11.5 Å².